The Bertz CT molecular complexity index is 752. The van der Waals surface area contributed by atoms with Gasteiger partial charge in [0.05, 0.1) is 5.92 Å². The summed E-state index contributed by atoms with van der Waals surface area (Å²) < 4.78 is 27.7. The highest BCUT2D eigenvalue weighted by Crippen LogP contribution is 2.35. The maximum Gasteiger partial charge on any atom is 0.245 e. The summed E-state index contributed by atoms with van der Waals surface area (Å²) in [5, 5.41) is 0. The van der Waals surface area contributed by atoms with Crippen molar-refractivity contribution in [1.29, 1.82) is 0 Å². The molecule has 2 saturated heterocycles. The number of rotatable bonds is 4. The molecule has 6 heteroatoms. The minimum absolute atomic E-state index is 0.00775. The molecule has 2 heterocycles. The van der Waals surface area contributed by atoms with Gasteiger partial charge in [0.25, 0.3) is 0 Å². The van der Waals surface area contributed by atoms with Crippen molar-refractivity contribution in [2.24, 2.45) is 5.92 Å². The van der Waals surface area contributed by atoms with Crippen LogP contribution in [0.15, 0.2) is 30.9 Å². The number of halogens is 2. The molecule has 0 spiro atoms. The Balaban J connectivity index is 1.76. The molecule has 0 N–H and O–H groups in total. The molecule has 1 aromatic carbocycles. The van der Waals surface area contributed by atoms with Crippen LogP contribution in [0.4, 0.5) is 8.78 Å². The molecule has 27 heavy (non-hydrogen) atoms. The Morgan fingerprint density at radius 3 is 2.81 bits per heavy atom. The first-order valence-corrected chi connectivity index (χ1v) is 9.51. The lowest BCUT2D eigenvalue weighted by molar-refractivity contribution is -0.142. The van der Waals surface area contributed by atoms with Crippen LogP contribution in [0.3, 0.4) is 0 Å². The van der Waals surface area contributed by atoms with E-state index in [1.54, 1.807) is 4.90 Å². The Morgan fingerprint density at radius 1 is 1.30 bits per heavy atom. The highest BCUT2D eigenvalue weighted by Gasteiger charge is 2.43. The number of hydrogen-bond donors (Lipinski definition) is 0. The minimum Gasteiger partial charge on any atom is -0.338 e. The van der Waals surface area contributed by atoms with E-state index in [1.165, 1.54) is 12.1 Å². The number of carbonyl (C=O) groups excluding carboxylic acids is 2. The first kappa shape index (κ1) is 19.5. The lowest BCUT2D eigenvalue weighted by Gasteiger charge is -2.40. The molecule has 0 bridgehead atoms. The average Bonchev–Trinajstić information content (AvgIpc) is 3.04. The van der Waals surface area contributed by atoms with E-state index >= 15 is 0 Å². The van der Waals surface area contributed by atoms with Gasteiger partial charge in [-0.15, -0.1) is 0 Å². The fourth-order valence-corrected chi connectivity index (χ4v) is 4.40. The van der Waals surface area contributed by atoms with Gasteiger partial charge in [0.1, 0.15) is 11.6 Å². The molecule has 0 aromatic heterocycles. The molecular formula is C21H26F2N2O2. The van der Waals surface area contributed by atoms with E-state index in [1.807, 2.05) is 11.8 Å². The molecule has 0 aliphatic carbocycles. The van der Waals surface area contributed by atoms with Crippen LogP contribution in [0.25, 0.3) is 0 Å². The highest BCUT2D eigenvalue weighted by atomic mass is 19.1. The quantitative estimate of drug-likeness (QED) is 0.757. The summed E-state index contributed by atoms with van der Waals surface area (Å²) in [6, 6.07) is 3.45. The van der Waals surface area contributed by atoms with E-state index in [2.05, 4.69) is 6.58 Å². The second kappa shape index (κ2) is 7.79. The van der Waals surface area contributed by atoms with Gasteiger partial charge in [-0.05, 0) is 68.9 Å². The van der Waals surface area contributed by atoms with Crippen LogP contribution in [-0.2, 0) is 16.0 Å². The molecule has 4 nitrogen and oxygen atoms in total. The zero-order chi connectivity index (χ0) is 19.6. The summed E-state index contributed by atoms with van der Waals surface area (Å²) in [6.07, 6.45) is 4.65. The molecule has 2 atom stereocenters. The zero-order valence-electron chi connectivity index (χ0n) is 15.7. The van der Waals surface area contributed by atoms with Crippen LogP contribution in [0.2, 0.25) is 0 Å². The van der Waals surface area contributed by atoms with Crippen molar-refractivity contribution in [1.82, 2.24) is 9.80 Å². The van der Waals surface area contributed by atoms with E-state index in [4.69, 9.17) is 0 Å². The van der Waals surface area contributed by atoms with Crippen LogP contribution in [0, 0.1) is 17.6 Å². The maximum atomic E-state index is 14.1. The van der Waals surface area contributed by atoms with Gasteiger partial charge >= 0.3 is 0 Å². The number of benzene rings is 1. The van der Waals surface area contributed by atoms with Crippen LogP contribution in [0.1, 0.15) is 38.2 Å². The molecule has 2 amide bonds. The number of piperidine rings is 1. The van der Waals surface area contributed by atoms with Gasteiger partial charge in [-0.3, -0.25) is 9.59 Å². The van der Waals surface area contributed by atoms with Gasteiger partial charge in [0.2, 0.25) is 11.8 Å². The summed E-state index contributed by atoms with van der Waals surface area (Å²) >= 11 is 0. The third-order valence-corrected chi connectivity index (χ3v) is 5.85. The van der Waals surface area contributed by atoms with E-state index in [-0.39, 0.29) is 24.2 Å². The average molecular weight is 376 g/mol. The maximum absolute atomic E-state index is 14.1. The molecule has 2 unspecified atom stereocenters. The minimum atomic E-state index is -0.545. The Morgan fingerprint density at radius 2 is 2.07 bits per heavy atom. The number of hydrogen-bond acceptors (Lipinski definition) is 2. The zero-order valence-corrected chi connectivity index (χ0v) is 15.7. The normalized spacial score (nSPS) is 25.5. The molecule has 2 aliphatic rings. The molecule has 1 aromatic rings. The van der Waals surface area contributed by atoms with E-state index in [0.717, 1.165) is 37.8 Å². The first-order valence-electron chi connectivity index (χ1n) is 9.51. The fraction of sp³-hybridized carbons (Fsp3) is 0.524. The Labute approximate surface area is 158 Å². The van der Waals surface area contributed by atoms with Crippen molar-refractivity contribution in [3.63, 3.8) is 0 Å². The topological polar surface area (TPSA) is 40.6 Å². The third kappa shape index (κ3) is 4.04. The van der Waals surface area contributed by atoms with Gasteiger partial charge < -0.3 is 9.80 Å². The van der Waals surface area contributed by atoms with E-state index < -0.39 is 17.2 Å². The van der Waals surface area contributed by atoms with E-state index in [9.17, 15) is 18.4 Å². The lowest BCUT2D eigenvalue weighted by atomic mass is 9.88. The Hall–Kier alpha value is -2.24. The lowest BCUT2D eigenvalue weighted by Crippen LogP contribution is -2.52. The predicted octanol–water partition coefficient (Wildman–Crippen LogP) is 3.31. The number of carbonyl (C=O) groups is 2. The Kier molecular flexibility index (Phi) is 5.63. The summed E-state index contributed by atoms with van der Waals surface area (Å²) in [5.74, 6) is -1.32. The van der Waals surface area contributed by atoms with Crippen molar-refractivity contribution in [2.75, 3.05) is 19.6 Å². The van der Waals surface area contributed by atoms with Gasteiger partial charge in [0, 0.05) is 25.2 Å². The SMILES string of the molecule is C=CC(=O)N1CCCC(C(=O)N2CCCC2(C)Cc2cc(F)ccc2F)C1. The summed E-state index contributed by atoms with van der Waals surface area (Å²) in [4.78, 5) is 28.6. The van der Waals surface area contributed by atoms with Crippen molar-refractivity contribution in [3.8, 4) is 0 Å². The second-order valence-electron chi connectivity index (χ2n) is 7.83. The first-order chi connectivity index (χ1) is 12.8. The largest absolute Gasteiger partial charge is 0.338 e. The molecule has 2 aliphatic heterocycles. The van der Waals surface area contributed by atoms with Crippen LogP contribution in [-0.4, -0.2) is 46.8 Å². The van der Waals surface area contributed by atoms with Crippen molar-refractivity contribution < 1.29 is 18.4 Å². The van der Waals surface area contributed by atoms with E-state index in [0.29, 0.717) is 25.2 Å². The van der Waals surface area contributed by atoms with Crippen molar-refractivity contribution in [3.05, 3.63) is 48.1 Å². The van der Waals surface area contributed by atoms with Crippen LogP contribution >= 0.6 is 0 Å². The van der Waals surface area contributed by atoms with Gasteiger partial charge in [-0.1, -0.05) is 6.58 Å². The molecule has 2 fully saturated rings. The van der Waals surface area contributed by atoms with Gasteiger partial charge in [0.15, 0.2) is 0 Å². The monoisotopic (exact) mass is 376 g/mol. The third-order valence-electron chi connectivity index (χ3n) is 5.85. The molecule has 146 valence electrons. The number of nitrogens with zero attached hydrogens (tertiary/aromatic N) is 2. The standard InChI is InChI=1S/C21H26F2N2O2/c1-3-19(26)24-10-4-6-15(14-24)20(27)25-11-5-9-21(25,2)13-16-12-17(22)7-8-18(16)23/h3,7-8,12,15H,1,4-6,9-11,13-14H2,2H3. The number of amides is 2. The number of likely N-dealkylation sites (tertiary alicyclic amines) is 2. The molecular weight excluding hydrogens is 350 g/mol. The molecule has 0 radical (unpaired) electrons. The van der Waals surface area contributed by atoms with Crippen LogP contribution in [0.5, 0.6) is 0 Å². The smallest absolute Gasteiger partial charge is 0.245 e. The van der Waals surface area contributed by atoms with Gasteiger partial charge in [-0.25, -0.2) is 8.78 Å². The summed E-state index contributed by atoms with van der Waals surface area (Å²) in [6.45, 7) is 7.10. The van der Waals surface area contributed by atoms with Crippen molar-refractivity contribution >= 4 is 11.8 Å². The predicted molar refractivity (Wildman–Crippen MR) is 98.9 cm³/mol. The fourth-order valence-electron chi connectivity index (χ4n) is 4.40. The van der Waals surface area contributed by atoms with Crippen LogP contribution < -0.4 is 0 Å². The molecule has 3 rings (SSSR count). The van der Waals surface area contributed by atoms with Gasteiger partial charge in [-0.2, -0.15) is 0 Å². The van der Waals surface area contributed by atoms with Crippen molar-refractivity contribution in [2.45, 2.75) is 44.6 Å². The second-order valence-corrected chi connectivity index (χ2v) is 7.83. The highest BCUT2D eigenvalue weighted by molar-refractivity contribution is 5.88. The summed E-state index contributed by atoms with van der Waals surface area (Å²) in [5.41, 5.74) is -0.250. The summed E-state index contributed by atoms with van der Waals surface area (Å²) in [7, 11) is 0. The molecule has 0 saturated carbocycles.